The maximum absolute atomic E-state index is 13.5. The third kappa shape index (κ3) is 3.13. The van der Waals surface area contributed by atoms with Crippen LogP contribution in [-0.4, -0.2) is 8.42 Å². The van der Waals surface area contributed by atoms with Crippen molar-refractivity contribution in [2.24, 2.45) is 5.14 Å². The van der Waals surface area contributed by atoms with Crippen molar-refractivity contribution in [3.05, 3.63) is 88.4 Å². The molecule has 0 amide bonds. The monoisotopic (exact) mass is 433 g/mol. The lowest BCUT2D eigenvalue weighted by molar-refractivity contribution is 0.597. The van der Waals surface area contributed by atoms with E-state index < -0.39 is 10.0 Å². The van der Waals surface area contributed by atoms with Crippen LogP contribution in [0.5, 0.6) is 0 Å². The molecule has 5 nitrogen and oxygen atoms in total. The van der Waals surface area contributed by atoms with Crippen LogP contribution in [0.4, 0.5) is 0 Å². The molecule has 7 heteroatoms. The number of fused-ring (bicyclic) bond motifs is 2. The van der Waals surface area contributed by atoms with Crippen molar-refractivity contribution in [2.75, 3.05) is 0 Å². The second-order valence-electron chi connectivity index (χ2n) is 6.87. The zero-order chi connectivity index (χ0) is 20.9. The third-order valence-electron chi connectivity index (χ3n) is 4.98. The predicted octanol–water partition coefficient (Wildman–Crippen LogP) is 4.99. The Bertz CT molecular complexity index is 1580. The van der Waals surface area contributed by atoms with Gasteiger partial charge in [0.15, 0.2) is 0 Å². The Hall–Kier alpha value is -3.26. The zero-order valence-corrected chi connectivity index (χ0v) is 17.2. The van der Waals surface area contributed by atoms with Gasteiger partial charge in [-0.05, 0) is 70.9 Å². The first-order valence-electron chi connectivity index (χ1n) is 9.08. The van der Waals surface area contributed by atoms with Crippen molar-refractivity contribution in [1.82, 2.24) is 0 Å². The fraction of sp³-hybridized carbons (Fsp3) is 0. The number of nitrogens with two attached hydrogens (primary N) is 1. The molecular formula is C23H15NO4S2. The minimum atomic E-state index is -3.82. The summed E-state index contributed by atoms with van der Waals surface area (Å²) in [6.07, 6.45) is 0. The SMILES string of the molecule is NS(=O)(=O)c1ccc(-c2oc3ccccc3c(=O)c2-c2ccc3sccc3c2)cc1. The van der Waals surface area contributed by atoms with Crippen LogP contribution in [0.15, 0.2) is 92.3 Å². The van der Waals surface area contributed by atoms with Gasteiger partial charge in [-0.1, -0.05) is 18.2 Å². The van der Waals surface area contributed by atoms with Crippen LogP contribution in [0.25, 0.3) is 43.5 Å². The minimum Gasteiger partial charge on any atom is -0.455 e. The smallest absolute Gasteiger partial charge is 0.238 e. The first-order valence-corrected chi connectivity index (χ1v) is 11.5. The Labute approximate surface area is 176 Å². The number of para-hydroxylation sites is 1. The molecule has 0 aliphatic heterocycles. The van der Waals surface area contributed by atoms with E-state index in [4.69, 9.17) is 9.56 Å². The van der Waals surface area contributed by atoms with Gasteiger partial charge in [-0.3, -0.25) is 4.79 Å². The minimum absolute atomic E-state index is 0.00405. The summed E-state index contributed by atoms with van der Waals surface area (Å²) in [5.74, 6) is 0.384. The fourth-order valence-electron chi connectivity index (χ4n) is 3.53. The van der Waals surface area contributed by atoms with Gasteiger partial charge in [-0.25, -0.2) is 13.6 Å². The number of primary sulfonamides is 1. The van der Waals surface area contributed by atoms with Crippen LogP contribution in [0.2, 0.25) is 0 Å². The highest BCUT2D eigenvalue weighted by Gasteiger charge is 2.19. The molecule has 30 heavy (non-hydrogen) atoms. The maximum Gasteiger partial charge on any atom is 0.238 e. The molecule has 0 atom stereocenters. The summed E-state index contributed by atoms with van der Waals surface area (Å²) in [6.45, 7) is 0. The lowest BCUT2D eigenvalue weighted by Crippen LogP contribution is -2.12. The molecule has 0 radical (unpaired) electrons. The summed E-state index contributed by atoms with van der Waals surface area (Å²) < 4.78 is 30.5. The molecule has 5 rings (SSSR count). The second kappa shape index (κ2) is 6.91. The maximum atomic E-state index is 13.5. The van der Waals surface area contributed by atoms with Crippen molar-refractivity contribution in [1.29, 1.82) is 0 Å². The molecule has 2 N–H and O–H groups in total. The fourth-order valence-corrected chi connectivity index (χ4v) is 4.81. The van der Waals surface area contributed by atoms with E-state index in [9.17, 15) is 13.2 Å². The average Bonchev–Trinajstić information content (AvgIpc) is 3.21. The van der Waals surface area contributed by atoms with E-state index in [2.05, 4.69) is 0 Å². The Morgan fingerprint density at radius 2 is 1.60 bits per heavy atom. The molecule has 0 unspecified atom stereocenters. The van der Waals surface area contributed by atoms with Gasteiger partial charge in [-0.2, -0.15) is 0 Å². The van der Waals surface area contributed by atoms with Crippen LogP contribution in [0.3, 0.4) is 0 Å². The van der Waals surface area contributed by atoms with E-state index in [1.807, 2.05) is 29.6 Å². The van der Waals surface area contributed by atoms with Crippen LogP contribution in [0, 0.1) is 0 Å². The molecule has 148 valence electrons. The van der Waals surface area contributed by atoms with E-state index in [0.717, 1.165) is 15.6 Å². The molecule has 0 spiro atoms. The molecular weight excluding hydrogens is 418 g/mol. The molecule has 0 fully saturated rings. The summed E-state index contributed by atoms with van der Waals surface area (Å²) in [5, 5.41) is 8.74. The van der Waals surface area contributed by atoms with Crippen LogP contribution < -0.4 is 10.6 Å². The highest BCUT2D eigenvalue weighted by Crippen LogP contribution is 2.35. The van der Waals surface area contributed by atoms with E-state index in [1.54, 1.807) is 47.7 Å². The predicted molar refractivity (Wildman–Crippen MR) is 120 cm³/mol. The van der Waals surface area contributed by atoms with Crippen molar-refractivity contribution >= 4 is 42.4 Å². The van der Waals surface area contributed by atoms with E-state index in [0.29, 0.717) is 27.9 Å². The second-order valence-corrected chi connectivity index (χ2v) is 9.38. The van der Waals surface area contributed by atoms with Gasteiger partial charge in [0.2, 0.25) is 15.5 Å². The third-order valence-corrected chi connectivity index (χ3v) is 6.81. The standard InChI is InChI=1S/C23H15NO4S2/c24-30(26,27)17-8-5-14(6-9-17)23-21(16-7-10-20-15(13-16)11-12-29-20)22(25)18-3-1-2-4-19(18)28-23/h1-13H,(H2,24,26,27). The van der Waals surface area contributed by atoms with Crippen LogP contribution >= 0.6 is 11.3 Å². The topological polar surface area (TPSA) is 90.4 Å². The Balaban J connectivity index is 1.82. The summed E-state index contributed by atoms with van der Waals surface area (Å²) in [6, 6.07) is 21.0. The molecule has 5 aromatic rings. The van der Waals surface area contributed by atoms with Gasteiger partial charge < -0.3 is 4.42 Å². The van der Waals surface area contributed by atoms with Crippen LogP contribution in [0.1, 0.15) is 0 Å². The zero-order valence-electron chi connectivity index (χ0n) is 15.5. The van der Waals surface area contributed by atoms with Crippen molar-refractivity contribution in [2.45, 2.75) is 4.90 Å². The molecule has 2 heterocycles. The number of hydrogen-bond donors (Lipinski definition) is 1. The Morgan fingerprint density at radius 1 is 0.867 bits per heavy atom. The molecule has 0 aliphatic carbocycles. The quantitative estimate of drug-likeness (QED) is 0.434. The van der Waals surface area contributed by atoms with Gasteiger partial charge in [0.1, 0.15) is 11.3 Å². The van der Waals surface area contributed by atoms with Crippen molar-refractivity contribution < 1.29 is 12.8 Å². The molecule has 0 bridgehead atoms. The van der Waals surface area contributed by atoms with Gasteiger partial charge in [0, 0.05) is 10.3 Å². The van der Waals surface area contributed by atoms with Crippen molar-refractivity contribution in [3.63, 3.8) is 0 Å². The summed E-state index contributed by atoms with van der Waals surface area (Å²) in [5.41, 5.74) is 2.09. The average molecular weight is 434 g/mol. The molecule has 0 aliphatic rings. The lowest BCUT2D eigenvalue weighted by atomic mass is 9.97. The van der Waals surface area contributed by atoms with Gasteiger partial charge in [0.25, 0.3) is 0 Å². The summed E-state index contributed by atoms with van der Waals surface area (Å²) >= 11 is 1.63. The first kappa shape index (κ1) is 18.7. The van der Waals surface area contributed by atoms with Crippen molar-refractivity contribution in [3.8, 4) is 22.5 Å². The van der Waals surface area contributed by atoms with Gasteiger partial charge >= 0.3 is 0 Å². The summed E-state index contributed by atoms with van der Waals surface area (Å²) in [7, 11) is -3.82. The number of hydrogen-bond acceptors (Lipinski definition) is 5. The summed E-state index contributed by atoms with van der Waals surface area (Å²) in [4.78, 5) is 13.4. The number of benzene rings is 3. The number of rotatable bonds is 3. The normalized spacial score (nSPS) is 11.9. The Kier molecular flexibility index (Phi) is 4.32. The van der Waals surface area contributed by atoms with Crippen LogP contribution in [-0.2, 0) is 10.0 Å². The molecule has 3 aromatic carbocycles. The van der Waals surface area contributed by atoms with E-state index in [1.165, 1.54) is 12.1 Å². The Morgan fingerprint density at radius 3 is 2.37 bits per heavy atom. The number of thiophene rings is 1. The van der Waals surface area contributed by atoms with E-state index in [-0.39, 0.29) is 10.3 Å². The lowest BCUT2D eigenvalue weighted by Gasteiger charge is -2.11. The highest BCUT2D eigenvalue weighted by atomic mass is 32.2. The van der Waals surface area contributed by atoms with Gasteiger partial charge in [0.05, 0.1) is 15.8 Å². The molecule has 2 aromatic heterocycles. The largest absolute Gasteiger partial charge is 0.455 e. The molecule has 0 saturated carbocycles. The first-order chi connectivity index (χ1) is 14.4. The highest BCUT2D eigenvalue weighted by molar-refractivity contribution is 7.89. The van der Waals surface area contributed by atoms with E-state index >= 15 is 0 Å². The molecule has 0 saturated heterocycles. The van der Waals surface area contributed by atoms with Gasteiger partial charge in [-0.15, -0.1) is 11.3 Å². The number of sulfonamides is 1.